The van der Waals surface area contributed by atoms with Gasteiger partial charge >= 0.3 is 0 Å². The zero-order valence-electron chi connectivity index (χ0n) is 17.5. The number of thioether (sulfide) groups is 1. The van der Waals surface area contributed by atoms with E-state index < -0.39 is 11.5 Å². The van der Waals surface area contributed by atoms with E-state index in [2.05, 4.69) is 31.3 Å². The van der Waals surface area contributed by atoms with Gasteiger partial charge in [0.25, 0.3) is 0 Å². The zero-order valence-corrected chi connectivity index (χ0v) is 18.3. The quantitative estimate of drug-likeness (QED) is 0.568. The fraction of sp³-hybridized carbons (Fsp3) is 0.318. The molecule has 8 nitrogen and oxygen atoms in total. The summed E-state index contributed by atoms with van der Waals surface area (Å²) < 4.78 is 20.2. The number of aliphatic imine (C=N–C) groups is 1. The molecule has 0 aromatic carbocycles. The molecular weight excluding hydrogens is 429 g/mol. The van der Waals surface area contributed by atoms with Gasteiger partial charge in [0.1, 0.15) is 11.6 Å². The molecule has 0 spiro atoms. The highest BCUT2D eigenvalue weighted by molar-refractivity contribution is 8.15. The number of rotatable bonds is 5. The van der Waals surface area contributed by atoms with Crippen molar-refractivity contribution in [3.63, 3.8) is 0 Å². The van der Waals surface area contributed by atoms with Gasteiger partial charge in [-0.05, 0) is 31.5 Å². The molecule has 1 aliphatic heterocycles. The van der Waals surface area contributed by atoms with Gasteiger partial charge in [-0.15, -0.1) is 0 Å². The van der Waals surface area contributed by atoms with Crippen molar-refractivity contribution in [2.24, 2.45) is 16.6 Å². The first-order valence-corrected chi connectivity index (χ1v) is 10.8. The van der Waals surface area contributed by atoms with Gasteiger partial charge in [-0.3, -0.25) is 9.98 Å². The van der Waals surface area contributed by atoms with Crippen LogP contribution >= 0.6 is 11.8 Å². The molecule has 0 amide bonds. The number of hydrogen-bond donors (Lipinski definition) is 2. The standard InChI is InChI=1S/C22H20FN7OS/c1-21(16-7-22(16,11-31-2)32-20(25)30-21)15-6-14(10-28-18(15)23)29-19-17-13(3-4-26-19)5-12(8-24)9-27-17/h3-6,9-10,16H,7,11H2,1-2H3,(H2,25,30)(H,26,29)/t16-,21+,22+/m0/s1. The molecule has 10 heteroatoms. The molecule has 1 saturated carbocycles. The SMILES string of the molecule is COC[C@]12C[C@H]1[C@@](C)(c1cc(Nc3nccc4cc(C#N)cnc34)cnc1F)N=C(N)S2. The molecule has 1 aliphatic carbocycles. The van der Waals surface area contributed by atoms with Crippen molar-refractivity contribution >= 4 is 39.3 Å². The third kappa shape index (κ3) is 3.25. The molecule has 3 N–H and O–H groups in total. The average Bonchev–Trinajstić information content (AvgIpc) is 3.49. The van der Waals surface area contributed by atoms with Crippen molar-refractivity contribution in [1.29, 1.82) is 5.26 Å². The number of fused-ring (bicyclic) bond motifs is 2. The van der Waals surface area contributed by atoms with E-state index in [-0.39, 0.29) is 10.7 Å². The monoisotopic (exact) mass is 449 g/mol. The van der Waals surface area contributed by atoms with Gasteiger partial charge in [0, 0.05) is 36.4 Å². The average molecular weight is 450 g/mol. The van der Waals surface area contributed by atoms with E-state index >= 15 is 0 Å². The fourth-order valence-corrected chi connectivity index (χ4v) is 6.00. The van der Waals surface area contributed by atoms with Gasteiger partial charge in [-0.1, -0.05) is 11.8 Å². The van der Waals surface area contributed by atoms with Crippen molar-refractivity contribution in [3.05, 3.63) is 53.9 Å². The van der Waals surface area contributed by atoms with Gasteiger partial charge in [0.05, 0.1) is 34.3 Å². The Morgan fingerprint density at radius 1 is 1.34 bits per heavy atom. The van der Waals surface area contributed by atoms with Crippen LogP contribution in [0.5, 0.6) is 0 Å². The Labute approximate surface area is 188 Å². The molecule has 3 aromatic heterocycles. The number of hydrogen-bond acceptors (Lipinski definition) is 9. The van der Waals surface area contributed by atoms with Crippen LogP contribution in [0.1, 0.15) is 24.5 Å². The number of pyridine rings is 3. The topological polar surface area (TPSA) is 122 Å². The first kappa shape index (κ1) is 20.6. The van der Waals surface area contributed by atoms with Gasteiger partial charge in [-0.25, -0.2) is 9.97 Å². The maximum atomic E-state index is 15.0. The lowest BCUT2D eigenvalue weighted by molar-refractivity contribution is 0.184. The van der Waals surface area contributed by atoms with E-state index in [1.807, 2.05) is 6.92 Å². The molecule has 3 aromatic rings. The van der Waals surface area contributed by atoms with E-state index in [0.29, 0.717) is 39.9 Å². The van der Waals surface area contributed by atoms with Crippen molar-refractivity contribution in [2.75, 3.05) is 19.0 Å². The van der Waals surface area contributed by atoms with Crippen LogP contribution in [0.3, 0.4) is 0 Å². The molecule has 0 saturated heterocycles. The normalized spacial score (nSPS) is 26.2. The van der Waals surface area contributed by atoms with Crippen LogP contribution in [-0.4, -0.2) is 38.6 Å². The van der Waals surface area contributed by atoms with E-state index in [4.69, 9.17) is 15.7 Å². The van der Waals surface area contributed by atoms with E-state index in [1.165, 1.54) is 24.2 Å². The lowest BCUT2D eigenvalue weighted by Crippen LogP contribution is -2.37. The second-order valence-electron chi connectivity index (χ2n) is 8.21. The van der Waals surface area contributed by atoms with Crippen molar-refractivity contribution in [3.8, 4) is 6.07 Å². The van der Waals surface area contributed by atoms with Crippen molar-refractivity contribution in [1.82, 2.24) is 15.0 Å². The van der Waals surface area contributed by atoms with Crippen LogP contribution in [-0.2, 0) is 10.3 Å². The van der Waals surface area contributed by atoms with Gasteiger partial charge < -0.3 is 15.8 Å². The second-order valence-corrected chi connectivity index (χ2v) is 9.64. The number of halogens is 1. The summed E-state index contributed by atoms with van der Waals surface area (Å²) in [7, 11) is 1.65. The van der Waals surface area contributed by atoms with Crippen LogP contribution in [0.2, 0.25) is 0 Å². The summed E-state index contributed by atoms with van der Waals surface area (Å²) in [6.45, 7) is 2.42. The molecule has 0 unspecified atom stereocenters. The number of anilines is 2. The Morgan fingerprint density at radius 2 is 2.19 bits per heavy atom. The van der Waals surface area contributed by atoms with Gasteiger partial charge in [0.2, 0.25) is 5.95 Å². The third-order valence-corrected chi connectivity index (χ3v) is 7.39. The molecule has 2 aliphatic rings. The van der Waals surface area contributed by atoms with Crippen molar-refractivity contribution in [2.45, 2.75) is 23.6 Å². The highest BCUT2D eigenvalue weighted by Gasteiger charge is 2.66. The number of ether oxygens (including phenoxy) is 1. The van der Waals surface area contributed by atoms with E-state index in [9.17, 15) is 4.39 Å². The Morgan fingerprint density at radius 3 is 2.97 bits per heavy atom. The van der Waals surface area contributed by atoms with E-state index in [0.717, 1.165) is 11.8 Å². The van der Waals surface area contributed by atoms with Gasteiger partial charge in [0.15, 0.2) is 11.0 Å². The first-order chi connectivity index (χ1) is 15.4. The fourth-order valence-electron chi connectivity index (χ4n) is 4.55. The molecule has 1 fully saturated rings. The molecule has 0 radical (unpaired) electrons. The summed E-state index contributed by atoms with van der Waals surface area (Å²) in [6.07, 6.45) is 5.36. The summed E-state index contributed by atoms with van der Waals surface area (Å²) >= 11 is 1.50. The molecule has 4 heterocycles. The number of nitrogens with zero attached hydrogens (tertiary/aromatic N) is 5. The predicted octanol–water partition coefficient (Wildman–Crippen LogP) is 3.46. The maximum Gasteiger partial charge on any atom is 0.218 e. The Balaban J connectivity index is 1.53. The van der Waals surface area contributed by atoms with Crippen LogP contribution in [0.4, 0.5) is 15.9 Å². The second kappa shape index (κ2) is 7.39. The predicted molar refractivity (Wildman–Crippen MR) is 121 cm³/mol. The lowest BCUT2D eigenvalue weighted by atomic mass is 9.86. The Kier molecular flexibility index (Phi) is 4.76. The zero-order chi connectivity index (χ0) is 22.5. The summed E-state index contributed by atoms with van der Waals surface area (Å²) in [5.74, 6) is -0.0122. The highest BCUT2D eigenvalue weighted by atomic mass is 32.2. The van der Waals surface area contributed by atoms with Crippen LogP contribution < -0.4 is 11.1 Å². The number of nitrogens with two attached hydrogens (primary N) is 1. The summed E-state index contributed by atoms with van der Waals surface area (Å²) in [6, 6.07) is 7.30. The molecule has 162 valence electrons. The first-order valence-electron chi connectivity index (χ1n) is 10.00. The van der Waals surface area contributed by atoms with Crippen LogP contribution in [0.15, 0.2) is 41.8 Å². The largest absolute Gasteiger partial charge is 0.383 e. The summed E-state index contributed by atoms with van der Waals surface area (Å²) in [5.41, 5.74) is 7.27. The van der Waals surface area contributed by atoms with Crippen molar-refractivity contribution < 1.29 is 9.13 Å². The minimum absolute atomic E-state index is 0.0838. The Hall–Kier alpha value is -3.29. The molecule has 0 bridgehead atoms. The van der Waals surface area contributed by atoms with E-state index in [1.54, 1.807) is 31.5 Å². The maximum absolute atomic E-state index is 15.0. The number of amidine groups is 1. The van der Waals surface area contributed by atoms with Crippen LogP contribution in [0.25, 0.3) is 10.9 Å². The third-order valence-electron chi connectivity index (χ3n) is 6.12. The smallest absolute Gasteiger partial charge is 0.218 e. The lowest BCUT2D eigenvalue weighted by Gasteiger charge is -2.33. The molecule has 5 rings (SSSR count). The molecular formula is C22H20FN7OS. The minimum atomic E-state index is -0.852. The van der Waals surface area contributed by atoms with Gasteiger partial charge in [-0.2, -0.15) is 9.65 Å². The molecule has 32 heavy (non-hydrogen) atoms. The number of aromatic nitrogens is 3. The molecule has 3 atom stereocenters. The minimum Gasteiger partial charge on any atom is -0.383 e. The highest BCUT2D eigenvalue weighted by Crippen LogP contribution is 2.65. The number of nitrogens with one attached hydrogen (secondary N) is 1. The number of methoxy groups -OCH3 is 1. The summed E-state index contributed by atoms with van der Waals surface area (Å²) in [4.78, 5) is 17.3. The van der Waals surface area contributed by atoms with Crippen LogP contribution in [0, 0.1) is 23.2 Å². The Bertz CT molecular complexity index is 1310. The summed E-state index contributed by atoms with van der Waals surface area (Å²) in [5, 5.41) is 13.5. The number of nitriles is 1.